The lowest BCUT2D eigenvalue weighted by Crippen LogP contribution is -2.04. The number of hydrogen-bond acceptors (Lipinski definition) is 3. The Hall–Kier alpha value is -1.55. The van der Waals surface area contributed by atoms with Gasteiger partial charge in [-0.15, -0.1) is 0 Å². The number of benzene rings is 1. The molecule has 0 spiro atoms. The van der Waals surface area contributed by atoms with Gasteiger partial charge in [0.15, 0.2) is 0 Å². The second-order valence-electron chi connectivity index (χ2n) is 4.45. The first-order valence-electron chi connectivity index (χ1n) is 6.10. The number of hydrogen-bond donors (Lipinski definition) is 1. The van der Waals surface area contributed by atoms with Gasteiger partial charge in [0.2, 0.25) is 0 Å². The van der Waals surface area contributed by atoms with Gasteiger partial charge in [-0.2, -0.15) is 0 Å². The van der Waals surface area contributed by atoms with Crippen LogP contribution in [-0.2, 0) is 6.54 Å². The van der Waals surface area contributed by atoms with Crippen LogP contribution in [0.2, 0.25) is 0 Å². The zero-order valence-electron chi connectivity index (χ0n) is 11.3. The van der Waals surface area contributed by atoms with Crippen LogP contribution >= 0.6 is 15.9 Å². The van der Waals surface area contributed by atoms with E-state index in [0.717, 1.165) is 27.3 Å². The van der Waals surface area contributed by atoms with Gasteiger partial charge in [-0.25, -0.2) is 0 Å². The predicted octanol–water partition coefficient (Wildman–Crippen LogP) is 4.08. The van der Waals surface area contributed by atoms with Crippen molar-refractivity contribution < 1.29 is 4.74 Å². The standard InChI is InChI=1S/C15H17BrN2O/c1-10-6-12(16)4-5-15(10)17-9-13-8-14(19-3)7-11(2)18-13/h4-8,17H,9H2,1-3H3. The van der Waals surface area contributed by atoms with E-state index in [9.17, 15) is 0 Å². The van der Waals surface area contributed by atoms with E-state index >= 15 is 0 Å². The number of anilines is 1. The lowest BCUT2D eigenvalue weighted by Gasteiger charge is -2.11. The highest BCUT2D eigenvalue weighted by atomic mass is 79.9. The summed E-state index contributed by atoms with van der Waals surface area (Å²) in [5.74, 6) is 0.844. The van der Waals surface area contributed by atoms with E-state index in [4.69, 9.17) is 4.74 Å². The molecule has 0 fully saturated rings. The van der Waals surface area contributed by atoms with Crippen LogP contribution in [0.5, 0.6) is 5.75 Å². The molecule has 1 aromatic heterocycles. The molecule has 0 aliphatic carbocycles. The van der Waals surface area contributed by atoms with Gasteiger partial charge >= 0.3 is 0 Å². The summed E-state index contributed by atoms with van der Waals surface area (Å²) in [4.78, 5) is 4.49. The van der Waals surface area contributed by atoms with Gasteiger partial charge in [0.25, 0.3) is 0 Å². The molecule has 0 aliphatic heterocycles. The number of ether oxygens (including phenoxy) is 1. The fourth-order valence-corrected chi connectivity index (χ4v) is 2.40. The highest BCUT2D eigenvalue weighted by Crippen LogP contribution is 2.21. The van der Waals surface area contributed by atoms with Crippen LogP contribution in [0, 0.1) is 13.8 Å². The minimum atomic E-state index is 0.681. The highest BCUT2D eigenvalue weighted by molar-refractivity contribution is 9.10. The largest absolute Gasteiger partial charge is 0.497 e. The van der Waals surface area contributed by atoms with Crippen molar-refractivity contribution >= 4 is 21.6 Å². The molecule has 1 aromatic carbocycles. The Bertz CT molecular complexity index is 584. The van der Waals surface area contributed by atoms with Crippen LogP contribution in [0.1, 0.15) is 17.0 Å². The maximum atomic E-state index is 5.25. The minimum Gasteiger partial charge on any atom is -0.497 e. The number of methoxy groups -OCH3 is 1. The fourth-order valence-electron chi connectivity index (χ4n) is 1.92. The monoisotopic (exact) mass is 320 g/mol. The Morgan fingerprint density at radius 2 is 2.00 bits per heavy atom. The number of rotatable bonds is 4. The van der Waals surface area contributed by atoms with Crippen molar-refractivity contribution in [2.45, 2.75) is 20.4 Å². The van der Waals surface area contributed by atoms with Crippen molar-refractivity contribution in [1.82, 2.24) is 4.98 Å². The Morgan fingerprint density at radius 1 is 1.21 bits per heavy atom. The molecule has 0 unspecified atom stereocenters. The molecule has 0 saturated carbocycles. The molecule has 2 rings (SSSR count). The molecule has 0 saturated heterocycles. The average Bonchev–Trinajstić information content (AvgIpc) is 2.37. The molecule has 0 bridgehead atoms. The molecular formula is C15H17BrN2O. The molecule has 100 valence electrons. The second-order valence-corrected chi connectivity index (χ2v) is 5.37. The van der Waals surface area contributed by atoms with E-state index in [1.807, 2.05) is 25.1 Å². The van der Waals surface area contributed by atoms with Crippen LogP contribution < -0.4 is 10.1 Å². The molecule has 1 N–H and O–H groups in total. The van der Waals surface area contributed by atoms with Crippen molar-refractivity contribution in [1.29, 1.82) is 0 Å². The van der Waals surface area contributed by atoms with Gasteiger partial charge < -0.3 is 10.1 Å². The van der Waals surface area contributed by atoms with Gasteiger partial charge in [-0.3, -0.25) is 4.98 Å². The van der Waals surface area contributed by atoms with E-state index in [1.165, 1.54) is 5.56 Å². The number of nitrogens with one attached hydrogen (secondary N) is 1. The number of halogens is 1. The molecule has 0 atom stereocenters. The predicted molar refractivity (Wildman–Crippen MR) is 81.7 cm³/mol. The molecule has 2 aromatic rings. The van der Waals surface area contributed by atoms with Gasteiger partial charge in [0.1, 0.15) is 5.75 Å². The summed E-state index contributed by atoms with van der Waals surface area (Å²) >= 11 is 3.46. The molecule has 0 aliphatic rings. The maximum Gasteiger partial charge on any atom is 0.122 e. The lowest BCUT2D eigenvalue weighted by molar-refractivity contribution is 0.413. The van der Waals surface area contributed by atoms with Crippen LogP contribution in [0.25, 0.3) is 0 Å². The Morgan fingerprint density at radius 3 is 2.68 bits per heavy atom. The smallest absolute Gasteiger partial charge is 0.122 e. The normalized spacial score (nSPS) is 10.3. The number of aryl methyl sites for hydroxylation is 2. The minimum absolute atomic E-state index is 0.681. The van der Waals surface area contributed by atoms with E-state index in [-0.39, 0.29) is 0 Å². The van der Waals surface area contributed by atoms with Gasteiger partial charge in [0.05, 0.1) is 19.3 Å². The van der Waals surface area contributed by atoms with Crippen LogP contribution in [0.3, 0.4) is 0 Å². The van der Waals surface area contributed by atoms with Gasteiger partial charge in [-0.05, 0) is 37.6 Å². The SMILES string of the molecule is COc1cc(C)nc(CNc2ccc(Br)cc2C)c1. The van der Waals surface area contributed by atoms with Crippen LogP contribution in [-0.4, -0.2) is 12.1 Å². The van der Waals surface area contributed by atoms with Crippen LogP contribution in [0.4, 0.5) is 5.69 Å². The van der Waals surface area contributed by atoms with E-state index < -0.39 is 0 Å². The molecular weight excluding hydrogens is 304 g/mol. The summed E-state index contributed by atoms with van der Waals surface area (Å²) in [5, 5.41) is 3.40. The summed E-state index contributed by atoms with van der Waals surface area (Å²) in [7, 11) is 1.67. The van der Waals surface area contributed by atoms with Crippen molar-refractivity contribution in [3.63, 3.8) is 0 Å². The first-order valence-corrected chi connectivity index (χ1v) is 6.89. The topological polar surface area (TPSA) is 34.1 Å². The number of pyridine rings is 1. The summed E-state index contributed by atoms with van der Waals surface area (Å²) in [6, 6.07) is 10.1. The van der Waals surface area contributed by atoms with Crippen molar-refractivity contribution in [2.24, 2.45) is 0 Å². The quantitative estimate of drug-likeness (QED) is 0.921. The van der Waals surface area contributed by atoms with Crippen molar-refractivity contribution in [3.8, 4) is 5.75 Å². The van der Waals surface area contributed by atoms with Crippen LogP contribution in [0.15, 0.2) is 34.8 Å². The molecule has 0 radical (unpaired) electrons. The summed E-state index contributed by atoms with van der Waals surface area (Å²) in [5.41, 5.74) is 4.25. The first-order chi connectivity index (χ1) is 9.08. The van der Waals surface area contributed by atoms with Crippen molar-refractivity contribution in [2.75, 3.05) is 12.4 Å². The van der Waals surface area contributed by atoms with Gasteiger partial charge in [-0.1, -0.05) is 15.9 Å². The third kappa shape index (κ3) is 3.70. The zero-order valence-corrected chi connectivity index (χ0v) is 12.9. The first kappa shape index (κ1) is 13.9. The third-order valence-electron chi connectivity index (χ3n) is 2.86. The average molecular weight is 321 g/mol. The summed E-state index contributed by atoms with van der Waals surface area (Å²) in [6.07, 6.45) is 0. The second kappa shape index (κ2) is 6.06. The van der Waals surface area contributed by atoms with E-state index in [2.05, 4.69) is 45.3 Å². The summed E-state index contributed by atoms with van der Waals surface area (Å²) in [6.45, 7) is 4.73. The van der Waals surface area contributed by atoms with E-state index in [1.54, 1.807) is 7.11 Å². The Balaban J connectivity index is 2.12. The van der Waals surface area contributed by atoms with Gasteiger partial charge in [0, 0.05) is 28.0 Å². The Kier molecular flexibility index (Phi) is 4.43. The van der Waals surface area contributed by atoms with E-state index in [0.29, 0.717) is 6.54 Å². The zero-order chi connectivity index (χ0) is 13.8. The molecule has 3 nitrogen and oxygen atoms in total. The molecule has 0 amide bonds. The summed E-state index contributed by atoms with van der Waals surface area (Å²) < 4.78 is 6.34. The number of aromatic nitrogens is 1. The fraction of sp³-hybridized carbons (Fsp3) is 0.267. The Labute approximate surface area is 122 Å². The maximum absolute atomic E-state index is 5.25. The number of nitrogens with zero attached hydrogens (tertiary/aromatic N) is 1. The van der Waals surface area contributed by atoms with Crippen molar-refractivity contribution in [3.05, 3.63) is 51.8 Å². The molecule has 19 heavy (non-hydrogen) atoms. The molecule has 1 heterocycles. The molecule has 4 heteroatoms. The highest BCUT2D eigenvalue weighted by Gasteiger charge is 2.02. The lowest BCUT2D eigenvalue weighted by atomic mass is 10.2. The third-order valence-corrected chi connectivity index (χ3v) is 3.36.